The van der Waals surface area contributed by atoms with E-state index in [9.17, 15) is 13.3 Å². The van der Waals surface area contributed by atoms with Crippen LogP contribution in [0.25, 0.3) is 6.08 Å². The average Bonchev–Trinajstić information content (AvgIpc) is 2.93. The normalized spacial score (nSPS) is 18.6. The fourth-order valence-corrected chi connectivity index (χ4v) is 6.58. The van der Waals surface area contributed by atoms with Gasteiger partial charge in [0.2, 0.25) is 4.90 Å². The predicted molar refractivity (Wildman–Crippen MR) is 152 cm³/mol. The Balaban J connectivity index is 1.19. The number of rotatable bonds is 7. The van der Waals surface area contributed by atoms with Gasteiger partial charge in [0.25, 0.3) is 0 Å². The molecule has 38 heavy (non-hydrogen) atoms. The van der Waals surface area contributed by atoms with E-state index in [-0.39, 0.29) is 17.6 Å². The van der Waals surface area contributed by atoms with Gasteiger partial charge in [0.1, 0.15) is 28.7 Å². The molecule has 0 amide bonds. The van der Waals surface area contributed by atoms with Crippen molar-refractivity contribution >= 4 is 28.8 Å². The van der Waals surface area contributed by atoms with Crippen LogP contribution in [0.2, 0.25) is 0 Å². The number of para-hydroxylation sites is 1. The molecule has 1 fully saturated rings. The number of nitrogens with zero attached hydrogens (tertiary/aromatic N) is 3. The Hall–Kier alpha value is -2.91. The summed E-state index contributed by atoms with van der Waals surface area (Å²) >= 11 is -1.39. The number of fused-ring (bicyclic) bond motifs is 1. The average molecular weight is 537 g/mol. The highest BCUT2D eigenvalue weighted by molar-refractivity contribution is 7.92. The number of benzene rings is 3. The zero-order valence-electron chi connectivity index (χ0n) is 22.0. The summed E-state index contributed by atoms with van der Waals surface area (Å²) in [6, 6.07) is 17.9. The number of piperazine rings is 1. The number of hydrogen-bond donors (Lipinski definition) is 1. The molecular weight excluding hydrogens is 502 g/mol. The van der Waals surface area contributed by atoms with Crippen LogP contribution in [0.5, 0.6) is 0 Å². The van der Waals surface area contributed by atoms with Crippen LogP contribution < -0.4 is 9.62 Å². The van der Waals surface area contributed by atoms with Crippen molar-refractivity contribution in [3.8, 4) is 0 Å². The molecule has 1 saturated heterocycles. The van der Waals surface area contributed by atoms with Gasteiger partial charge in [-0.2, -0.15) is 0 Å². The quantitative estimate of drug-likeness (QED) is 0.375. The fraction of sp³-hybridized carbons (Fsp3) is 0.333. The van der Waals surface area contributed by atoms with Crippen molar-refractivity contribution in [2.24, 2.45) is 0 Å². The van der Waals surface area contributed by atoms with Crippen LogP contribution >= 0.6 is 0 Å². The van der Waals surface area contributed by atoms with Gasteiger partial charge in [-0.3, -0.25) is 9.80 Å². The Kier molecular flexibility index (Phi) is 8.04. The van der Waals surface area contributed by atoms with Crippen molar-refractivity contribution in [2.45, 2.75) is 30.8 Å². The first kappa shape index (κ1) is 26.7. The molecule has 0 aliphatic carbocycles. The zero-order chi connectivity index (χ0) is 26.8. The van der Waals surface area contributed by atoms with Crippen LogP contribution in [0, 0.1) is 11.6 Å². The lowest BCUT2D eigenvalue weighted by molar-refractivity contribution is 0.0761. The summed E-state index contributed by atoms with van der Waals surface area (Å²) in [6.07, 6.45) is 4.18. The number of nitrogens with one attached hydrogen (secondary N) is 1. The molecule has 1 N–H and O–H groups in total. The molecule has 2 aliphatic heterocycles. The van der Waals surface area contributed by atoms with Gasteiger partial charge in [-0.05, 0) is 49.7 Å². The van der Waals surface area contributed by atoms with Gasteiger partial charge in [0.05, 0.1) is 5.69 Å². The molecule has 3 aromatic rings. The summed E-state index contributed by atoms with van der Waals surface area (Å²) < 4.78 is 44.9. The highest BCUT2D eigenvalue weighted by Crippen LogP contribution is 2.34. The Labute approximate surface area is 227 Å². The minimum absolute atomic E-state index is 0.147. The lowest BCUT2D eigenvalue weighted by atomic mass is 10.0. The van der Waals surface area contributed by atoms with Crippen LogP contribution in [0.3, 0.4) is 0 Å². The minimum Gasteiger partial charge on any atom is -0.588 e. The van der Waals surface area contributed by atoms with E-state index in [1.54, 1.807) is 0 Å². The summed E-state index contributed by atoms with van der Waals surface area (Å²) in [4.78, 5) is 7.42. The number of halogens is 2. The standard InChI is InChI=1S/C30H34F2N4OS/c1-21(35-17-19-36(20-18-35)22(2)29-26(31)9-5-10-27(29)32)23-12-14-25(15-13-23)33-38(37)28-11-4-7-24-8-6-16-34(3)30(24)28/h4-15,21-22,33H,16-20H2,1-3H3/t21?,22?,38-/m1/s1. The number of anilines is 2. The van der Waals surface area contributed by atoms with Crippen molar-refractivity contribution in [3.63, 3.8) is 0 Å². The molecule has 2 unspecified atom stereocenters. The smallest absolute Gasteiger partial charge is 0.203 e. The van der Waals surface area contributed by atoms with Gasteiger partial charge in [-0.25, -0.2) is 13.5 Å². The molecule has 2 aliphatic rings. The molecule has 0 radical (unpaired) electrons. The monoisotopic (exact) mass is 536 g/mol. The molecule has 5 nitrogen and oxygen atoms in total. The maximum Gasteiger partial charge on any atom is 0.203 e. The van der Waals surface area contributed by atoms with Crippen LogP contribution in [0.15, 0.2) is 71.6 Å². The van der Waals surface area contributed by atoms with E-state index < -0.39 is 23.0 Å². The van der Waals surface area contributed by atoms with E-state index in [1.165, 1.54) is 23.8 Å². The van der Waals surface area contributed by atoms with Gasteiger partial charge in [-0.1, -0.05) is 42.5 Å². The lowest BCUT2D eigenvalue weighted by Gasteiger charge is -2.41. The van der Waals surface area contributed by atoms with Crippen molar-refractivity contribution < 1.29 is 13.3 Å². The minimum atomic E-state index is -1.39. The van der Waals surface area contributed by atoms with Crippen molar-refractivity contribution in [1.82, 2.24) is 9.80 Å². The summed E-state index contributed by atoms with van der Waals surface area (Å²) in [6.45, 7) is 7.94. The number of likely N-dealkylation sites (N-methyl/N-ethyl adjacent to an activating group) is 1. The Morgan fingerprint density at radius 2 is 1.45 bits per heavy atom. The van der Waals surface area contributed by atoms with Gasteiger partial charge < -0.3 is 9.45 Å². The molecular formula is C30H34F2N4OS. The molecule has 5 rings (SSSR count). The summed E-state index contributed by atoms with van der Waals surface area (Å²) in [5.74, 6) is -0.974. The third kappa shape index (κ3) is 5.45. The van der Waals surface area contributed by atoms with Crippen LogP contribution in [-0.4, -0.2) is 54.1 Å². The maximum absolute atomic E-state index is 14.3. The summed E-state index contributed by atoms with van der Waals surface area (Å²) in [5, 5.41) is 0. The lowest BCUT2D eigenvalue weighted by Crippen LogP contribution is -2.48. The maximum atomic E-state index is 14.3. The Morgan fingerprint density at radius 3 is 2.11 bits per heavy atom. The van der Waals surface area contributed by atoms with Gasteiger partial charge in [0.15, 0.2) is 0 Å². The Bertz CT molecular complexity index is 1270. The second kappa shape index (κ2) is 11.5. The highest BCUT2D eigenvalue weighted by Gasteiger charge is 2.28. The first-order chi connectivity index (χ1) is 18.3. The molecule has 200 valence electrons. The molecule has 0 bridgehead atoms. The van der Waals surface area contributed by atoms with E-state index in [0.717, 1.165) is 54.6 Å². The summed E-state index contributed by atoms with van der Waals surface area (Å²) in [5.41, 5.74) is 4.19. The highest BCUT2D eigenvalue weighted by atomic mass is 32.2. The second-order valence-electron chi connectivity index (χ2n) is 10.0. The third-order valence-electron chi connectivity index (χ3n) is 7.75. The van der Waals surface area contributed by atoms with E-state index in [0.29, 0.717) is 0 Å². The summed E-state index contributed by atoms with van der Waals surface area (Å²) in [7, 11) is 2.01. The zero-order valence-corrected chi connectivity index (χ0v) is 22.8. The predicted octanol–water partition coefficient (Wildman–Crippen LogP) is 6.00. The van der Waals surface area contributed by atoms with Crippen molar-refractivity contribution in [1.29, 1.82) is 0 Å². The van der Waals surface area contributed by atoms with Crippen LogP contribution in [0.4, 0.5) is 20.2 Å². The van der Waals surface area contributed by atoms with Gasteiger partial charge in [0, 0.05) is 63.0 Å². The SMILES string of the molecule is CC(c1ccc(N[S@+]([O-])c2cccc3c2N(C)CC=C3)cc1)N1CCN(C(C)c2c(F)cccc2F)CC1. The molecule has 3 atom stereocenters. The topological polar surface area (TPSA) is 44.8 Å². The van der Waals surface area contributed by atoms with E-state index >= 15 is 0 Å². The number of hydrogen-bond acceptors (Lipinski definition) is 5. The van der Waals surface area contributed by atoms with Crippen LogP contribution in [-0.2, 0) is 11.4 Å². The van der Waals surface area contributed by atoms with Gasteiger partial charge >= 0.3 is 0 Å². The van der Waals surface area contributed by atoms with E-state index in [4.69, 9.17) is 0 Å². The molecule has 2 heterocycles. The second-order valence-corrected chi connectivity index (χ2v) is 11.2. The first-order valence-corrected chi connectivity index (χ1v) is 14.2. The molecule has 0 spiro atoms. The third-order valence-corrected chi connectivity index (χ3v) is 8.90. The Morgan fingerprint density at radius 1 is 0.842 bits per heavy atom. The van der Waals surface area contributed by atoms with Crippen molar-refractivity contribution in [2.75, 3.05) is 49.4 Å². The van der Waals surface area contributed by atoms with E-state index in [1.807, 2.05) is 44.3 Å². The largest absolute Gasteiger partial charge is 0.588 e. The van der Waals surface area contributed by atoms with Crippen LogP contribution in [0.1, 0.15) is 42.6 Å². The van der Waals surface area contributed by atoms with Crippen molar-refractivity contribution in [3.05, 3.63) is 95.1 Å². The molecule has 0 saturated carbocycles. The fourth-order valence-electron chi connectivity index (χ4n) is 5.47. The molecule has 0 aromatic heterocycles. The molecule has 8 heteroatoms. The van der Waals surface area contributed by atoms with Gasteiger partial charge in [-0.15, -0.1) is 0 Å². The first-order valence-electron chi connectivity index (χ1n) is 13.0. The molecule has 3 aromatic carbocycles. The van der Waals surface area contributed by atoms with E-state index in [2.05, 4.69) is 50.6 Å².